The molecule has 2 heterocycles. The van der Waals surface area contributed by atoms with Crippen molar-refractivity contribution in [3.05, 3.63) is 76.6 Å². The van der Waals surface area contributed by atoms with Crippen LogP contribution in [0.25, 0.3) is 11.1 Å². The third-order valence-electron chi connectivity index (χ3n) is 6.27. The van der Waals surface area contributed by atoms with Crippen molar-refractivity contribution in [2.75, 3.05) is 13.1 Å². The second-order valence-electron chi connectivity index (χ2n) is 8.93. The topological polar surface area (TPSA) is 67.2 Å². The van der Waals surface area contributed by atoms with Crippen molar-refractivity contribution < 1.29 is 22.8 Å². The van der Waals surface area contributed by atoms with Crippen molar-refractivity contribution in [2.45, 2.75) is 38.9 Å². The molecule has 1 atom stereocenters. The van der Waals surface area contributed by atoms with E-state index in [-0.39, 0.29) is 17.0 Å². The first-order valence-electron chi connectivity index (χ1n) is 11.5. The zero-order valence-corrected chi connectivity index (χ0v) is 19.8. The number of benzene rings is 2. The average Bonchev–Trinajstić information content (AvgIpc) is 3.48. The van der Waals surface area contributed by atoms with Gasteiger partial charge >= 0.3 is 6.18 Å². The molecular formula is C26H27F3N4O2. The van der Waals surface area contributed by atoms with Gasteiger partial charge in [-0.3, -0.25) is 14.3 Å². The summed E-state index contributed by atoms with van der Waals surface area (Å²) in [6, 6.07) is 11.7. The zero-order chi connectivity index (χ0) is 25.3. The number of hydrogen-bond acceptors (Lipinski definition) is 3. The minimum Gasteiger partial charge on any atom is -0.345 e. The molecule has 9 heteroatoms. The first-order valence-corrected chi connectivity index (χ1v) is 11.5. The minimum atomic E-state index is -4.61. The first-order chi connectivity index (χ1) is 16.5. The molecule has 3 aromatic rings. The van der Waals surface area contributed by atoms with Crippen molar-refractivity contribution in [3.8, 4) is 11.1 Å². The van der Waals surface area contributed by atoms with Gasteiger partial charge in [0, 0.05) is 36.8 Å². The maximum absolute atomic E-state index is 13.5. The highest BCUT2D eigenvalue weighted by atomic mass is 19.4. The number of likely N-dealkylation sites (tertiary alicyclic amines) is 1. The predicted octanol–water partition coefficient (Wildman–Crippen LogP) is 5.14. The van der Waals surface area contributed by atoms with Gasteiger partial charge in [0.15, 0.2) is 0 Å². The van der Waals surface area contributed by atoms with Gasteiger partial charge in [-0.2, -0.15) is 18.3 Å². The maximum Gasteiger partial charge on any atom is 0.433 e. The summed E-state index contributed by atoms with van der Waals surface area (Å²) in [4.78, 5) is 28.1. The quantitative estimate of drug-likeness (QED) is 0.545. The third-order valence-corrected chi connectivity index (χ3v) is 6.27. The number of rotatable bonds is 5. The number of amides is 2. The molecule has 0 bridgehead atoms. The van der Waals surface area contributed by atoms with Crippen LogP contribution in [0.2, 0.25) is 0 Å². The smallest absolute Gasteiger partial charge is 0.345 e. The van der Waals surface area contributed by atoms with Crippen molar-refractivity contribution in [2.24, 2.45) is 7.05 Å². The first kappa shape index (κ1) is 24.5. The number of aryl methyl sites for hydroxylation is 2. The molecule has 1 aliphatic rings. The molecule has 0 radical (unpaired) electrons. The minimum absolute atomic E-state index is 0.128. The van der Waals surface area contributed by atoms with E-state index in [0.717, 1.165) is 34.8 Å². The standard InChI is InChI=1S/C26H27F3N4O2/c1-16-6-8-18(9-7-16)19-12-20(14-21(13-19)25(35)33-10-4-5-11-33)24(34)31-17(2)22-15-30-32(3)23(22)26(27,28)29/h6-9,12-15,17H,4-5,10-11H2,1-3H3,(H,31,34)/t17-/m1/s1. The van der Waals surface area contributed by atoms with Crippen LogP contribution in [0.4, 0.5) is 13.2 Å². The summed E-state index contributed by atoms with van der Waals surface area (Å²) in [6.45, 7) is 4.76. The van der Waals surface area contributed by atoms with Gasteiger partial charge in [0.05, 0.1) is 12.2 Å². The van der Waals surface area contributed by atoms with E-state index in [1.807, 2.05) is 31.2 Å². The van der Waals surface area contributed by atoms with E-state index in [1.165, 1.54) is 20.0 Å². The largest absolute Gasteiger partial charge is 0.433 e. The zero-order valence-electron chi connectivity index (χ0n) is 19.8. The summed E-state index contributed by atoms with van der Waals surface area (Å²) in [7, 11) is 1.21. The normalized spacial score (nSPS) is 14.7. The molecule has 0 saturated carbocycles. The summed E-state index contributed by atoms with van der Waals surface area (Å²) in [6.07, 6.45) is -1.64. The molecule has 2 aromatic carbocycles. The van der Waals surface area contributed by atoms with Crippen LogP contribution in [-0.2, 0) is 13.2 Å². The number of carbonyl (C=O) groups is 2. The number of nitrogens with zero attached hydrogens (tertiary/aromatic N) is 3. The van der Waals surface area contributed by atoms with Crippen molar-refractivity contribution in [3.63, 3.8) is 0 Å². The molecule has 1 saturated heterocycles. The Kier molecular flexibility index (Phi) is 6.69. The number of aromatic nitrogens is 2. The monoisotopic (exact) mass is 484 g/mol. The highest BCUT2D eigenvalue weighted by molar-refractivity contribution is 6.01. The van der Waals surface area contributed by atoms with E-state index >= 15 is 0 Å². The van der Waals surface area contributed by atoms with E-state index in [0.29, 0.717) is 24.2 Å². The Balaban J connectivity index is 1.68. The molecule has 1 aromatic heterocycles. The Morgan fingerprint density at radius 3 is 2.26 bits per heavy atom. The maximum atomic E-state index is 13.5. The summed E-state index contributed by atoms with van der Waals surface area (Å²) >= 11 is 0. The van der Waals surface area contributed by atoms with Crippen molar-refractivity contribution in [1.29, 1.82) is 0 Å². The average molecular weight is 485 g/mol. The van der Waals surface area contributed by atoms with Gasteiger partial charge in [-0.25, -0.2) is 0 Å². The predicted molar refractivity (Wildman–Crippen MR) is 126 cm³/mol. The van der Waals surface area contributed by atoms with Gasteiger partial charge in [0.25, 0.3) is 11.8 Å². The van der Waals surface area contributed by atoms with E-state index in [4.69, 9.17) is 0 Å². The molecule has 2 amide bonds. The van der Waals surface area contributed by atoms with Crippen LogP contribution in [0, 0.1) is 6.92 Å². The summed E-state index contributed by atoms with van der Waals surface area (Å²) in [5, 5.41) is 6.37. The van der Waals surface area contributed by atoms with E-state index in [1.54, 1.807) is 17.0 Å². The Hall–Kier alpha value is -3.62. The van der Waals surface area contributed by atoms with Gasteiger partial charge < -0.3 is 10.2 Å². The third kappa shape index (κ3) is 5.23. The Morgan fingerprint density at radius 1 is 1.00 bits per heavy atom. The fourth-order valence-electron chi connectivity index (χ4n) is 4.37. The highest BCUT2D eigenvalue weighted by Crippen LogP contribution is 2.34. The number of hydrogen-bond donors (Lipinski definition) is 1. The van der Waals surface area contributed by atoms with Crippen LogP contribution in [-0.4, -0.2) is 39.6 Å². The van der Waals surface area contributed by atoms with Gasteiger partial charge in [-0.15, -0.1) is 0 Å². The van der Waals surface area contributed by atoms with Crippen LogP contribution in [0.15, 0.2) is 48.7 Å². The van der Waals surface area contributed by atoms with Crippen molar-refractivity contribution in [1.82, 2.24) is 20.0 Å². The van der Waals surface area contributed by atoms with Crippen LogP contribution in [0.3, 0.4) is 0 Å². The van der Waals surface area contributed by atoms with E-state index in [9.17, 15) is 22.8 Å². The molecule has 6 nitrogen and oxygen atoms in total. The number of halogens is 3. The Labute approximate surface area is 201 Å². The van der Waals surface area contributed by atoms with Gasteiger partial charge in [0.2, 0.25) is 0 Å². The molecule has 35 heavy (non-hydrogen) atoms. The van der Waals surface area contributed by atoms with Crippen LogP contribution in [0.1, 0.15) is 63.3 Å². The van der Waals surface area contributed by atoms with Gasteiger partial charge in [-0.1, -0.05) is 29.8 Å². The Bertz CT molecular complexity index is 1240. The number of carbonyl (C=O) groups excluding carboxylic acids is 2. The fraction of sp³-hybridized carbons (Fsp3) is 0.346. The van der Waals surface area contributed by atoms with Crippen LogP contribution >= 0.6 is 0 Å². The molecule has 0 spiro atoms. The second-order valence-corrected chi connectivity index (χ2v) is 8.93. The lowest BCUT2D eigenvalue weighted by atomic mass is 9.97. The summed E-state index contributed by atoms with van der Waals surface area (Å²) < 4.78 is 41.3. The lowest BCUT2D eigenvalue weighted by Crippen LogP contribution is -2.30. The summed E-state index contributed by atoms with van der Waals surface area (Å²) in [5.41, 5.74) is 2.13. The van der Waals surface area contributed by atoms with Gasteiger partial charge in [-0.05, 0) is 56.0 Å². The molecule has 1 aliphatic heterocycles. The lowest BCUT2D eigenvalue weighted by molar-refractivity contribution is -0.144. The SMILES string of the molecule is Cc1ccc(-c2cc(C(=O)N[C@H](C)c3cnn(C)c3C(F)(F)F)cc(C(=O)N3CCCC3)c2)cc1. The molecule has 0 aliphatic carbocycles. The number of nitrogens with one attached hydrogen (secondary N) is 1. The molecule has 1 fully saturated rings. The molecule has 4 rings (SSSR count). The van der Waals surface area contributed by atoms with Crippen molar-refractivity contribution >= 4 is 11.8 Å². The van der Waals surface area contributed by atoms with E-state index < -0.39 is 23.8 Å². The lowest BCUT2D eigenvalue weighted by Gasteiger charge is -2.19. The number of alkyl halides is 3. The second kappa shape index (κ2) is 9.56. The summed E-state index contributed by atoms with van der Waals surface area (Å²) in [5.74, 6) is -0.732. The molecule has 0 unspecified atom stereocenters. The molecular weight excluding hydrogens is 457 g/mol. The van der Waals surface area contributed by atoms with Crippen LogP contribution in [0.5, 0.6) is 0 Å². The van der Waals surface area contributed by atoms with Crippen LogP contribution < -0.4 is 5.32 Å². The highest BCUT2D eigenvalue weighted by Gasteiger charge is 2.38. The molecule has 184 valence electrons. The Morgan fingerprint density at radius 2 is 1.63 bits per heavy atom. The fourth-order valence-corrected chi connectivity index (χ4v) is 4.37. The van der Waals surface area contributed by atoms with E-state index in [2.05, 4.69) is 10.4 Å². The molecule has 1 N–H and O–H groups in total. The van der Waals surface area contributed by atoms with Gasteiger partial charge in [0.1, 0.15) is 5.69 Å².